The summed E-state index contributed by atoms with van der Waals surface area (Å²) in [6.07, 6.45) is 0. The topological polar surface area (TPSA) is 85.6 Å². The third kappa shape index (κ3) is 7.88. The summed E-state index contributed by atoms with van der Waals surface area (Å²) in [4.78, 5) is 13.0. The monoisotopic (exact) mass is 215 g/mol. The Bertz CT molecular complexity index is 215. The summed E-state index contributed by atoms with van der Waals surface area (Å²) in [7, 11) is 1.58. The number of rotatable bonds is 8. The van der Waals surface area contributed by atoms with Gasteiger partial charge in [-0.25, -0.2) is 0 Å². The summed E-state index contributed by atoms with van der Waals surface area (Å²) in [5.74, 6) is -0.221. The molecule has 1 amide bonds. The quantitative estimate of drug-likeness (QED) is 0.485. The van der Waals surface area contributed by atoms with Crippen LogP contribution in [0, 0.1) is 11.3 Å². The number of aliphatic hydroxyl groups is 1. The van der Waals surface area contributed by atoms with E-state index in [-0.39, 0.29) is 25.6 Å². The lowest BCUT2D eigenvalue weighted by molar-refractivity contribution is -0.122. The van der Waals surface area contributed by atoms with Crippen molar-refractivity contribution in [3.8, 4) is 6.07 Å². The van der Waals surface area contributed by atoms with Gasteiger partial charge in [-0.05, 0) is 0 Å². The molecule has 6 nitrogen and oxygen atoms in total. The molecule has 0 atom stereocenters. The van der Waals surface area contributed by atoms with E-state index in [4.69, 9.17) is 15.1 Å². The van der Waals surface area contributed by atoms with Gasteiger partial charge in [0, 0.05) is 20.2 Å². The van der Waals surface area contributed by atoms with Crippen molar-refractivity contribution >= 4 is 5.91 Å². The van der Waals surface area contributed by atoms with E-state index in [0.29, 0.717) is 19.7 Å². The zero-order valence-electron chi connectivity index (χ0n) is 8.90. The number of ether oxygens (including phenoxy) is 1. The Balaban J connectivity index is 3.82. The predicted octanol–water partition coefficient (Wildman–Crippen LogP) is -1.43. The lowest BCUT2D eigenvalue weighted by Crippen LogP contribution is -2.40. The Morgan fingerprint density at radius 1 is 1.60 bits per heavy atom. The Hall–Kier alpha value is -1.16. The lowest BCUT2D eigenvalue weighted by atomic mass is 10.4. The molecule has 0 saturated heterocycles. The van der Waals surface area contributed by atoms with Crippen LogP contribution in [0.3, 0.4) is 0 Å². The number of nitriles is 1. The highest BCUT2D eigenvalue weighted by atomic mass is 16.5. The first-order chi connectivity index (χ1) is 7.24. The van der Waals surface area contributed by atoms with Gasteiger partial charge in [0.25, 0.3) is 0 Å². The van der Waals surface area contributed by atoms with Gasteiger partial charge in [0.1, 0.15) is 6.54 Å². The number of aliphatic hydroxyl groups excluding tert-OH is 1. The van der Waals surface area contributed by atoms with E-state index in [1.807, 2.05) is 6.07 Å². The summed E-state index contributed by atoms with van der Waals surface area (Å²) in [5.41, 5.74) is 0. The van der Waals surface area contributed by atoms with Crippen molar-refractivity contribution in [1.82, 2.24) is 10.2 Å². The van der Waals surface area contributed by atoms with Gasteiger partial charge in [-0.1, -0.05) is 0 Å². The van der Waals surface area contributed by atoms with E-state index in [1.54, 1.807) is 12.0 Å². The summed E-state index contributed by atoms with van der Waals surface area (Å²) in [6.45, 7) is 1.68. The summed E-state index contributed by atoms with van der Waals surface area (Å²) in [5, 5.41) is 19.4. The van der Waals surface area contributed by atoms with Crippen molar-refractivity contribution in [2.45, 2.75) is 0 Å². The maximum absolute atomic E-state index is 11.2. The normalized spacial score (nSPS) is 10.0. The van der Waals surface area contributed by atoms with Gasteiger partial charge in [-0.3, -0.25) is 9.69 Å². The van der Waals surface area contributed by atoms with Crippen LogP contribution < -0.4 is 5.32 Å². The first kappa shape index (κ1) is 13.8. The molecule has 15 heavy (non-hydrogen) atoms. The number of amides is 1. The number of hydrogen-bond acceptors (Lipinski definition) is 5. The molecule has 2 N–H and O–H groups in total. The highest BCUT2D eigenvalue weighted by molar-refractivity contribution is 5.78. The maximum atomic E-state index is 11.2. The molecule has 0 unspecified atom stereocenters. The molecule has 6 heteroatoms. The zero-order chi connectivity index (χ0) is 11.5. The van der Waals surface area contributed by atoms with Gasteiger partial charge in [0.2, 0.25) is 5.91 Å². The minimum absolute atomic E-state index is 0.00472. The number of methoxy groups -OCH3 is 1. The van der Waals surface area contributed by atoms with Gasteiger partial charge in [0.15, 0.2) is 0 Å². The fourth-order valence-electron chi connectivity index (χ4n) is 1.03. The molecule has 0 radical (unpaired) electrons. The van der Waals surface area contributed by atoms with Gasteiger partial charge >= 0.3 is 0 Å². The van der Waals surface area contributed by atoms with Crippen LogP contribution in [0.4, 0.5) is 0 Å². The second kappa shape index (κ2) is 9.40. The van der Waals surface area contributed by atoms with Crippen molar-refractivity contribution in [1.29, 1.82) is 5.26 Å². The molecule has 0 aromatic carbocycles. The van der Waals surface area contributed by atoms with Crippen LogP contribution >= 0.6 is 0 Å². The molecule has 0 aliphatic carbocycles. The van der Waals surface area contributed by atoms with Crippen LogP contribution in [0.5, 0.6) is 0 Å². The number of hydrogen-bond donors (Lipinski definition) is 2. The Morgan fingerprint density at radius 3 is 2.87 bits per heavy atom. The molecule has 0 saturated carbocycles. The number of nitrogens with one attached hydrogen (secondary N) is 1. The minimum Gasteiger partial charge on any atom is -0.395 e. The van der Waals surface area contributed by atoms with E-state index in [0.717, 1.165) is 0 Å². The SMILES string of the molecule is COCCN(CCO)CC(=O)NCC#N. The van der Waals surface area contributed by atoms with Crippen molar-refractivity contribution in [3.63, 3.8) is 0 Å². The number of carbonyl (C=O) groups excluding carboxylic acids is 1. The summed E-state index contributed by atoms with van der Waals surface area (Å²) >= 11 is 0. The van der Waals surface area contributed by atoms with Crippen LogP contribution in [0.25, 0.3) is 0 Å². The van der Waals surface area contributed by atoms with E-state index in [9.17, 15) is 4.79 Å². The molecular weight excluding hydrogens is 198 g/mol. The number of carbonyl (C=O) groups is 1. The van der Waals surface area contributed by atoms with Crippen LogP contribution in [-0.2, 0) is 9.53 Å². The standard InChI is InChI=1S/C9H17N3O3/c1-15-7-5-12(4-6-13)8-9(14)11-3-2-10/h13H,3-8H2,1H3,(H,11,14). The molecular formula is C9H17N3O3. The first-order valence-corrected chi connectivity index (χ1v) is 4.70. The van der Waals surface area contributed by atoms with Crippen LogP contribution in [0.15, 0.2) is 0 Å². The van der Waals surface area contributed by atoms with Crippen molar-refractivity contribution in [2.24, 2.45) is 0 Å². The second-order valence-electron chi connectivity index (χ2n) is 2.93. The molecule has 0 aromatic rings. The Morgan fingerprint density at radius 2 is 2.33 bits per heavy atom. The van der Waals surface area contributed by atoms with Gasteiger partial charge in [-0.15, -0.1) is 0 Å². The fourth-order valence-corrected chi connectivity index (χ4v) is 1.03. The third-order valence-corrected chi connectivity index (χ3v) is 1.76. The largest absolute Gasteiger partial charge is 0.395 e. The molecule has 0 aromatic heterocycles. The van der Waals surface area contributed by atoms with Crippen LogP contribution in [-0.4, -0.2) is 62.4 Å². The molecule has 0 heterocycles. The van der Waals surface area contributed by atoms with Crippen molar-refractivity contribution in [2.75, 3.05) is 46.5 Å². The molecule has 0 aliphatic heterocycles. The molecule has 0 aliphatic rings. The average molecular weight is 215 g/mol. The van der Waals surface area contributed by atoms with E-state index >= 15 is 0 Å². The highest BCUT2D eigenvalue weighted by Crippen LogP contribution is 1.87. The predicted molar refractivity (Wildman–Crippen MR) is 54.0 cm³/mol. The van der Waals surface area contributed by atoms with Crippen molar-refractivity contribution < 1.29 is 14.6 Å². The summed E-state index contributed by atoms with van der Waals surface area (Å²) < 4.78 is 4.87. The maximum Gasteiger partial charge on any atom is 0.235 e. The van der Waals surface area contributed by atoms with Crippen LogP contribution in [0.1, 0.15) is 0 Å². The first-order valence-electron chi connectivity index (χ1n) is 4.70. The molecule has 0 rings (SSSR count). The second-order valence-corrected chi connectivity index (χ2v) is 2.93. The molecule has 86 valence electrons. The fraction of sp³-hybridized carbons (Fsp3) is 0.778. The van der Waals surface area contributed by atoms with E-state index in [1.165, 1.54) is 0 Å². The Labute approximate surface area is 89.4 Å². The van der Waals surface area contributed by atoms with Gasteiger partial charge in [0.05, 0.1) is 25.8 Å². The lowest BCUT2D eigenvalue weighted by Gasteiger charge is -2.19. The number of nitrogens with zero attached hydrogens (tertiary/aromatic N) is 2. The van der Waals surface area contributed by atoms with Crippen molar-refractivity contribution in [3.05, 3.63) is 0 Å². The van der Waals surface area contributed by atoms with Crippen LogP contribution in [0.2, 0.25) is 0 Å². The molecule has 0 bridgehead atoms. The van der Waals surface area contributed by atoms with E-state index < -0.39 is 0 Å². The zero-order valence-corrected chi connectivity index (χ0v) is 8.90. The molecule has 0 fully saturated rings. The third-order valence-electron chi connectivity index (χ3n) is 1.76. The van der Waals surface area contributed by atoms with Gasteiger partial charge in [-0.2, -0.15) is 5.26 Å². The Kier molecular flexibility index (Phi) is 8.67. The highest BCUT2D eigenvalue weighted by Gasteiger charge is 2.09. The average Bonchev–Trinajstić information content (AvgIpc) is 2.23. The smallest absolute Gasteiger partial charge is 0.235 e. The molecule has 0 spiro atoms. The van der Waals surface area contributed by atoms with E-state index in [2.05, 4.69) is 5.32 Å². The van der Waals surface area contributed by atoms with Gasteiger partial charge < -0.3 is 15.2 Å². The minimum atomic E-state index is -0.221. The summed E-state index contributed by atoms with van der Waals surface area (Å²) in [6, 6.07) is 1.82.